The van der Waals surface area contributed by atoms with Crippen molar-refractivity contribution in [2.75, 3.05) is 13.6 Å². The number of allylic oxidation sites excluding steroid dienone is 19. The molecule has 0 radical (unpaired) electrons. The fourth-order valence-corrected chi connectivity index (χ4v) is 13.1. The van der Waals surface area contributed by atoms with Crippen LogP contribution in [0.1, 0.15) is 64.7 Å². The van der Waals surface area contributed by atoms with Crippen molar-refractivity contribution < 1.29 is 0 Å². The molecule has 0 saturated carbocycles. The Morgan fingerprint density at radius 1 is 0.793 bits per heavy atom. The van der Waals surface area contributed by atoms with Crippen molar-refractivity contribution in [3.05, 3.63) is 177 Å². The Bertz CT molecular complexity index is 2340. The van der Waals surface area contributed by atoms with E-state index in [4.69, 9.17) is 9.98 Å². The lowest BCUT2D eigenvalue weighted by atomic mass is 9.78. The topological polar surface area (TPSA) is 43.2 Å². The second-order valence-corrected chi connectivity index (χ2v) is 18.8. The maximum atomic E-state index is 5.65. The van der Waals surface area contributed by atoms with E-state index in [9.17, 15) is 0 Å². The molecule has 6 heteroatoms. The summed E-state index contributed by atoms with van der Waals surface area (Å²) in [6.45, 7) is 3.26. The molecule has 0 aromatic rings. The van der Waals surface area contributed by atoms with Crippen molar-refractivity contribution in [1.29, 1.82) is 0 Å². The van der Waals surface area contributed by atoms with E-state index in [0.717, 1.165) is 63.2 Å². The van der Waals surface area contributed by atoms with Crippen LogP contribution in [0, 0.1) is 23.7 Å². The molecule has 0 amide bonds. The lowest BCUT2D eigenvalue weighted by Crippen LogP contribution is -2.46. The molecule has 4 heterocycles. The van der Waals surface area contributed by atoms with Gasteiger partial charge in [0.15, 0.2) is 12.0 Å². The summed E-state index contributed by atoms with van der Waals surface area (Å²) in [6.07, 6.45) is 57.0. The van der Waals surface area contributed by atoms with Crippen LogP contribution in [-0.2, 0) is 0 Å². The van der Waals surface area contributed by atoms with Gasteiger partial charge in [-0.05, 0) is 109 Å². The summed E-state index contributed by atoms with van der Waals surface area (Å²) in [5.41, 5.74) is 12.8. The predicted molar refractivity (Wildman–Crippen MR) is 243 cm³/mol. The normalized spacial score (nSPS) is 34.6. The molecule has 8 atom stereocenters. The van der Waals surface area contributed by atoms with Crippen LogP contribution in [0.5, 0.6) is 0 Å². The third-order valence-corrected chi connectivity index (χ3v) is 15.8. The van der Waals surface area contributed by atoms with Crippen LogP contribution in [0.2, 0.25) is 0 Å². The molecule has 11 aliphatic rings. The molecule has 1 saturated heterocycles. The van der Waals surface area contributed by atoms with E-state index in [0.29, 0.717) is 35.1 Å². The van der Waals surface area contributed by atoms with Gasteiger partial charge in [-0.3, -0.25) is 0 Å². The third kappa shape index (κ3) is 6.12. The first-order chi connectivity index (χ1) is 28.6. The number of fused-ring (bicyclic) bond motifs is 6. The molecule has 294 valence electrons. The van der Waals surface area contributed by atoms with Gasteiger partial charge < -0.3 is 15.1 Å². The van der Waals surface area contributed by atoms with Crippen molar-refractivity contribution in [3.63, 3.8) is 0 Å². The summed E-state index contributed by atoms with van der Waals surface area (Å²) < 4.78 is 0. The quantitative estimate of drug-likeness (QED) is 0.292. The average molecular weight is 782 g/mol. The molecule has 5 nitrogen and oxygen atoms in total. The summed E-state index contributed by atoms with van der Waals surface area (Å²) >= 11 is 2.16. The lowest BCUT2D eigenvalue weighted by molar-refractivity contribution is 0.268. The van der Waals surface area contributed by atoms with Crippen LogP contribution in [-0.4, -0.2) is 58.6 Å². The van der Waals surface area contributed by atoms with Crippen molar-refractivity contribution in [2.45, 2.75) is 88.2 Å². The Balaban J connectivity index is 1.01. The second-order valence-electron chi connectivity index (χ2n) is 17.7. The number of likely N-dealkylation sites (tertiary alicyclic amines) is 1. The SMILES string of the molecule is CC1CCCC=C1C1=CC(C2N=C(C3=CC=CCC3)N=C(C3C=CC=CC3)N2C)=C(C2=CC=CC3C4=C(SC23)C2C(C=C4)C3=CC=CCC3N2C2=CC=CCC2)NC1. The van der Waals surface area contributed by atoms with Crippen LogP contribution in [0.3, 0.4) is 0 Å². The third-order valence-electron chi connectivity index (χ3n) is 14.3. The molecule has 4 aliphatic heterocycles. The number of rotatable bonds is 6. The number of dihydropyridines is 1. The van der Waals surface area contributed by atoms with Gasteiger partial charge >= 0.3 is 0 Å². The van der Waals surface area contributed by atoms with Gasteiger partial charge in [0.2, 0.25) is 0 Å². The number of nitrogens with one attached hydrogen (secondary N) is 1. The highest BCUT2D eigenvalue weighted by molar-refractivity contribution is 8.04. The molecule has 0 bridgehead atoms. The van der Waals surface area contributed by atoms with Crippen molar-refractivity contribution in [3.8, 4) is 0 Å². The predicted octanol–water partition coefficient (Wildman–Crippen LogP) is 10.8. The Hall–Kier alpha value is -4.81. The van der Waals surface area contributed by atoms with Gasteiger partial charge in [0, 0.05) is 58.5 Å². The van der Waals surface area contributed by atoms with E-state index in [1.165, 1.54) is 57.7 Å². The van der Waals surface area contributed by atoms with Crippen molar-refractivity contribution in [1.82, 2.24) is 15.1 Å². The monoisotopic (exact) mass is 781 g/mol. The molecule has 0 aromatic heterocycles. The highest BCUT2D eigenvalue weighted by Gasteiger charge is 2.52. The minimum absolute atomic E-state index is 0.200. The molecule has 0 aromatic carbocycles. The average Bonchev–Trinajstić information content (AvgIpc) is 3.84. The fraction of sp³-hybridized carbons (Fsp3) is 0.385. The van der Waals surface area contributed by atoms with Crippen LogP contribution in [0.15, 0.2) is 187 Å². The Labute approximate surface area is 349 Å². The highest BCUT2D eigenvalue weighted by atomic mass is 32.2. The van der Waals surface area contributed by atoms with E-state index >= 15 is 0 Å². The van der Waals surface area contributed by atoms with E-state index in [1.807, 2.05) is 0 Å². The molecule has 1 fully saturated rings. The van der Waals surface area contributed by atoms with Gasteiger partial charge in [-0.15, -0.1) is 11.8 Å². The second kappa shape index (κ2) is 15.1. The maximum absolute atomic E-state index is 5.65. The highest BCUT2D eigenvalue weighted by Crippen LogP contribution is 2.59. The van der Waals surface area contributed by atoms with E-state index < -0.39 is 0 Å². The number of aliphatic imine (C=N–C) groups is 2. The summed E-state index contributed by atoms with van der Waals surface area (Å²) in [7, 11) is 2.24. The zero-order valence-corrected chi connectivity index (χ0v) is 34.8. The number of nitrogens with zero attached hydrogens (tertiary/aromatic N) is 4. The summed E-state index contributed by atoms with van der Waals surface area (Å²) in [5, 5.41) is 4.43. The molecule has 1 N–H and O–H groups in total. The molecule has 11 rings (SSSR count). The zero-order valence-electron chi connectivity index (χ0n) is 33.9. The van der Waals surface area contributed by atoms with Gasteiger partial charge in [-0.1, -0.05) is 116 Å². The minimum atomic E-state index is -0.200. The van der Waals surface area contributed by atoms with Crippen LogP contribution in [0.4, 0.5) is 0 Å². The van der Waals surface area contributed by atoms with Crippen LogP contribution >= 0.6 is 11.8 Å². The number of hydrogen-bond acceptors (Lipinski definition) is 6. The number of likely N-dealkylation sites (N-methyl/N-ethyl adjacent to an activating group) is 1. The fourth-order valence-electron chi connectivity index (χ4n) is 11.4. The number of amidine groups is 2. The first-order valence-electron chi connectivity index (χ1n) is 22.1. The largest absolute Gasteiger partial charge is 0.380 e. The summed E-state index contributed by atoms with van der Waals surface area (Å²) in [5.74, 6) is 3.53. The zero-order chi connectivity index (χ0) is 38.7. The van der Waals surface area contributed by atoms with Crippen LogP contribution < -0.4 is 5.32 Å². The Kier molecular flexibility index (Phi) is 9.44. The standard InChI is InChI=1S/C52H55N5S/c1-33-17-12-13-24-38(33)36-31-44(52-55-50(34-18-6-3-7-19-34)54-51(56(52)2)35-20-8-4-9-21-35)46(53-32-36)43-27-16-26-41-42-30-29-40-39-25-14-15-28-45(39)57(37-22-10-5-11-23-37)47(40)49(42)58-48(41)43/h3-6,8-10,14-16,18,20,22,24-27,29-31,33,35,40-41,45,47-48,52-53H,7,11-13,17,19,21,23,28,32H2,1-2H3. The lowest BCUT2D eigenvalue weighted by Gasteiger charge is -2.39. The van der Waals surface area contributed by atoms with Crippen molar-refractivity contribution >= 4 is 23.4 Å². The van der Waals surface area contributed by atoms with Gasteiger partial charge in [0.25, 0.3) is 0 Å². The number of thioether (sulfide) groups is 1. The Morgan fingerprint density at radius 2 is 1.67 bits per heavy atom. The van der Waals surface area contributed by atoms with Crippen molar-refractivity contribution in [2.24, 2.45) is 33.7 Å². The molecular weight excluding hydrogens is 727 g/mol. The Morgan fingerprint density at radius 3 is 2.50 bits per heavy atom. The molecule has 8 unspecified atom stereocenters. The first kappa shape index (κ1) is 36.3. The van der Waals surface area contributed by atoms with Crippen LogP contribution in [0.25, 0.3) is 0 Å². The van der Waals surface area contributed by atoms with Gasteiger partial charge in [-0.2, -0.15) is 0 Å². The molecule has 58 heavy (non-hydrogen) atoms. The minimum Gasteiger partial charge on any atom is -0.380 e. The number of hydrogen-bond donors (Lipinski definition) is 1. The van der Waals surface area contributed by atoms with Gasteiger partial charge in [0.1, 0.15) is 5.84 Å². The first-order valence-corrected chi connectivity index (χ1v) is 23.0. The molecular formula is C52H55N5S. The van der Waals surface area contributed by atoms with E-state index in [1.54, 1.807) is 10.5 Å². The maximum Gasteiger partial charge on any atom is 0.154 e. The smallest absolute Gasteiger partial charge is 0.154 e. The summed E-state index contributed by atoms with van der Waals surface area (Å²) in [4.78, 5) is 17.9. The molecule has 0 spiro atoms. The molecule has 7 aliphatic carbocycles. The summed E-state index contributed by atoms with van der Waals surface area (Å²) in [6, 6.07) is 0.787. The van der Waals surface area contributed by atoms with Gasteiger partial charge in [0.05, 0.1) is 12.1 Å². The van der Waals surface area contributed by atoms with Gasteiger partial charge in [-0.25, -0.2) is 9.98 Å². The van der Waals surface area contributed by atoms with E-state index in [2.05, 4.69) is 162 Å². The van der Waals surface area contributed by atoms with E-state index in [-0.39, 0.29) is 12.1 Å².